The van der Waals surface area contributed by atoms with Crippen molar-refractivity contribution < 1.29 is 101 Å². The van der Waals surface area contributed by atoms with E-state index in [1.54, 1.807) is 48.7 Å². The minimum absolute atomic E-state index is 0.0105. The summed E-state index contributed by atoms with van der Waals surface area (Å²) in [5, 5.41) is 31.4. The summed E-state index contributed by atoms with van der Waals surface area (Å²) in [6, 6.07) is -1.25. The van der Waals surface area contributed by atoms with Gasteiger partial charge in [-0.1, -0.05) is 71.1 Å². The average Bonchev–Trinajstić information content (AvgIpc) is 3.37. The highest BCUT2D eigenvalue weighted by atomic mass is 16.8. The van der Waals surface area contributed by atoms with Gasteiger partial charge in [0.1, 0.15) is 49.5 Å². The molecule has 0 aromatic carbocycles. The maximum absolute atomic E-state index is 14.8. The third kappa shape index (κ3) is 19.8. The van der Waals surface area contributed by atoms with Crippen molar-refractivity contribution in [2.75, 3.05) is 54.3 Å². The second kappa shape index (κ2) is 32.7. The van der Waals surface area contributed by atoms with Crippen LogP contribution in [-0.4, -0.2) is 189 Å². The lowest BCUT2D eigenvalue weighted by Gasteiger charge is -2.42. The second-order valence-electron chi connectivity index (χ2n) is 24.2. The van der Waals surface area contributed by atoms with Gasteiger partial charge in [-0.15, -0.1) is 0 Å². The molecular weight excluding hydrogens is 1090 g/mol. The zero-order valence-corrected chi connectivity index (χ0v) is 51.4. The average molecular weight is 1190 g/mol. The number of hydrogen-bond donors (Lipinski definition) is 3. The Hall–Kier alpha value is -4.91. The third-order valence-corrected chi connectivity index (χ3v) is 17.0. The van der Waals surface area contributed by atoms with Crippen LogP contribution in [0.15, 0.2) is 47.6 Å². The van der Waals surface area contributed by atoms with Gasteiger partial charge < -0.3 is 72.3 Å². The van der Waals surface area contributed by atoms with Crippen molar-refractivity contribution in [3.63, 3.8) is 0 Å². The molecule has 5 rings (SSSR count). The molecule has 0 radical (unpaired) electrons. The van der Waals surface area contributed by atoms with Crippen molar-refractivity contribution in [2.45, 2.75) is 212 Å². The van der Waals surface area contributed by atoms with Gasteiger partial charge in [0.15, 0.2) is 23.8 Å². The Morgan fingerprint density at radius 2 is 1.54 bits per heavy atom. The number of allylic oxidation sites excluding steroid dienone is 6. The Balaban J connectivity index is 1.48. The van der Waals surface area contributed by atoms with Gasteiger partial charge in [0.25, 0.3) is 11.7 Å². The maximum Gasteiger partial charge on any atom is 0.509 e. The molecule has 22 heteroatoms. The number of carbonyl (C=O) groups is 7. The highest BCUT2D eigenvalue weighted by Crippen LogP contribution is 2.38. The number of ether oxygens (including phenoxy) is 11. The van der Waals surface area contributed by atoms with Crippen LogP contribution < -0.4 is 0 Å². The van der Waals surface area contributed by atoms with E-state index in [1.165, 1.54) is 20.3 Å². The summed E-state index contributed by atoms with van der Waals surface area (Å²) >= 11 is 0. The van der Waals surface area contributed by atoms with E-state index in [2.05, 4.69) is 0 Å². The van der Waals surface area contributed by atoms with Gasteiger partial charge in [-0.05, 0) is 121 Å². The molecule has 4 fully saturated rings. The van der Waals surface area contributed by atoms with Crippen molar-refractivity contribution >= 4 is 41.5 Å². The van der Waals surface area contributed by atoms with E-state index in [0.29, 0.717) is 57.8 Å². The Labute approximate surface area is 495 Å². The number of cyclic esters (lactones) is 1. The number of fused-ring (bicyclic) bond motifs is 3. The van der Waals surface area contributed by atoms with Crippen LogP contribution >= 0.6 is 0 Å². The summed E-state index contributed by atoms with van der Waals surface area (Å²) in [6.45, 7) is 14.7. The van der Waals surface area contributed by atoms with Crippen LogP contribution in [0.25, 0.3) is 0 Å². The van der Waals surface area contributed by atoms with Gasteiger partial charge in [-0.3, -0.25) is 19.2 Å². The first-order valence-corrected chi connectivity index (χ1v) is 29.8. The Morgan fingerprint density at radius 3 is 2.20 bits per heavy atom. The monoisotopic (exact) mass is 1190 g/mol. The highest BCUT2D eigenvalue weighted by molar-refractivity contribution is 6.39. The summed E-state index contributed by atoms with van der Waals surface area (Å²) in [7, 11) is 4.36. The van der Waals surface area contributed by atoms with E-state index in [9.17, 15) is 48.9 Å². The van der Waals surface area contributed by atoms with Crippen LogP contribution in [0.2, 0.25) is 0 Å². The molecule has 4 unspecified atom stereocenters. The molecule has 0 aromatic rings. The van der Waals surface area contributed by atoms with E-state index in [4.69, 9.17) is 52.1 Å². The standard InChI is InChI=1S/C62H95NO21/c1-36-18-14-13-15-19-37(2)50(74-10)30-45-23-21-42(7)62(73,84-45)56(68)57(69)63-25-17-16-20-47(63)58(70)80-51(39(4)28-43-22-24-49(52(29-43)75-11)81-59(71)78-34-46-35-79-61(8,9)83-46)31-48(66)38(3)27-41(6)54(55(76-12)53(67)40(5)26-36)82-60(72)77-33-44(65)32-64/h13-15,18-19,27,36,38-40,42-47,49-52,54-55,64-65,73H,16-17,20-26,28-35H2,1-12H3/t36-,38-,39-,40-,42-,43+,44?,45?,46?,47?,49-,50+,51+,52-,54-,55+,62-/m1/s1. The fourth-order valence-electron chi connectivity index (χ4n) is 11.9. The number of ketones is 3. The molecule has 1 amide bonds. The zero-order valence-electron chi connectivity index (χ0n) is 51.4. The van der Waals surface area contributed by atoms with Crippen molar-refractivity contribution in [1.82, 2.24) is 4.90 Å². The molecule has 4 heterocycles. The number of amides is 1. The van der Waals surface area contributed by atoms with Crippen molar-refractivity contribution in [2.24, 2.45) is 35.5 Å². The van der Waals surface area contributed by atoms with Gasteiger partial charge in [-0.2, -0.15) is 0 Å². The largest absolute Gasteiger partial charge is 0.509 e. The molecule has 1 aliphatic carbocycles. The quantitative estimate of drug-likeness (QED) is 0.0723. The number of Topliss-reactive ketones (excluding diaryl/α,β-unsaturated/α-hetero) is 3. The molecule has 22 nitrogen and oxygen atoms in total. The SMILES string of the molecule is CO[C@H]1CC2CC[C@@H](C)[C@@](O)(O2)C(=O)C(=O)N2CCCCC2C(=O)O[C@H]([C@H](C)C[C@@H]2CC[C@@H](OC(=O)OCC3COC(C)(C)O3)[C@H](OC)C2)CC(=O)[C@H](C)C=C(C)[C@@H](OC(=O)OCC(O)CO)[C@@H](OC)C(=O)[C@H](C)C[C@H](C)C=CC=CC=C1C. The van der Waals surface area contributed by atoms with E-state index in [-0.39, 0.29) is 56.4 Å². The lowest BCUT2D eigenvalue weighted by molar-refractivity contribution is -0.265. The number of hydrogen-bond acceptors (Lipinski definition) is 21. The number of rotatable bonds is 13. The molecule has 2 bridgehead atoms. The topological polar surface area (TPSA) is 285 Å². The van der Waals surface area contributed by atoms with Crippen LogP contribution in [0, 0.1) is 35.5 Å². The van der Waals surface area contributed by atoms with E-state index >= 15 is 0 Å². The normalized spacial score (nSPS) is 34.6. The summed E-state index contributed by atoms with van der Waals surface area (Å²) < 4.78 is 63.3. The summed E-state index contributed by atoms with van der Waals surface area (Å²) in [5.74, 6) is -10.3. The zero-order chi connectivity index (χ0) is 62.1. The Morgan fingerprint density at radius 1 is 0.810 bits per heavy atom. The van der Waals surface area contributed by atoms with Gasteiger partial charge in [0.2, 0.25) is 5.79 Å². The molecule has 0 aromatic heterocycles. The van der Waals surface area contributed by atoms with Crippen molar-refractivity contribution in [1.29, 1.82) is 0 Å². The third-order valence-electron chi connectivity index (χ3n) is 17.0. The molecule has 0 spiro atoms. The van der Waals surface area contributed by atoms with E-state index < -0.39 is 151 Å². The first-order chi connectivity index (χ1) is 39.7. The molecule has 3 saturated heterocycles. The van der Waals surface area contributed by atoms with Crippen LogP contribution in [-0.2, 0) is 76.1 Å². The van der Waals surface area contributed by atoms with Crippen LogP contribution in [0.3, 0.4) is 0 Å². The predicted octanol–water partition coefficient (Wildman–Crippen LogP) is 7.01. The number of nitrogens with zero attached hydrogens (tertiary/aromatic N) is 1. The predicted molar refractivity (Wildman–Crippen MR) is 304 cm³/mol. The fourth-order valence-corrected chi connectivity index (χ4v) is 11.9. The second-order valence-corrected chi connectivity index (χ2v) is 24.2. The number of carbonyl (C=O) groups excluding carboxylic acids is 7. The number of aliphatic hydroxyl groups is 3. The van der Waals surface area contributed by atoms with Crippen molar-refractivity contribution in [3.05, 3.63) is 47.6 Å². The van der Waals surface area contributed by atoms with Crippen LogP contribution in [0.4, 0.5) is 9.59 Å². The number of methoxy groups -OCH3 is 3. The van der Waals surface area contributed by atoms with E-state index in [1.807, 2.05) is 51.2 Å². The highest BCUT2D eigenvalue weighted by Gasteiger charge is 2.53. The van der Waals surface area contributed by atoms with E-state index in [0.717, 1.165) is 10.5 Å². The molecular formula is C62H95NO21. The molecule has 3 N–H and O–H groups in total. The first kappa shape index (κ1) is 69.9. The molecule has 5 aliphatic rings. The summed E-state index contributed by atoms with van der Waals surface area (Å²) in [5.41, 5.74) is 1.07. The van der Waals surface area contributed by atoms with Gasteiger partial charge in [0, 0.05) is 58.5 Å². The van der Waals surface area contributed by atoms with Crippen molar-refractivity contribution in [3.8, 4) is 0 Å². The van der Waals surface area contributed by atoms with Crippen LogP contribution in [0.5, 0.6) is 0 Å². The summed E-state index contributed by atoms with van der Waals surface area (Å²) in [4.78, 5) is 99.9. The Bertz CT molecular complexity index is 2350. The fraction of sp³-hybridized carbons (Fsp3) is 0.758. The molecule has 1 saturated carbocycles. The number of piperidine rings is 1. The molecule has 17 atom stereocenters. The maximum atomic E-state index is 14.8. The van der Waals surface area contributed by atoms with Gasteiger partial charge >= 0.3 is 18.3 Å². The molecule has 474 valence electrons. The molecule has 4 aliphatic heterocycles. The minimum atomic E-state index is -2.50. The molecule has 84 heavy (non-hydrogen) atoms. The number of aliphatic hydroxyl groups excluding tert-OH is 2. The lowest BCUT2D eigenvalue weighted by atomic mass is 9.78. The lowest BCUT2D eigenvalue weighted by Crippen LogP contribution is -2.61. The summed E-state index contributed by atoms with van der Waals surface area (Å²) in [6.07, 6.45) is 4.69. The smallest absolute Gasteiger partial charge is 0.460 e. The Kier molecular flexibility index (Phi) is 27.2. The van der Waals surface area contributed by atoms with Gasteiger partial charge in [0.05, 0.1) is 31.5 Å². The van der Waals surface area contributed by atoms with Crippen LogP contribution in [0.1, 0.15) is 139 Å². The van der Waals surface area contributed by atoms with Gasteiger partial charge in [-0.25, -0.2) is 14.4 Å². The number of esters is 1. The minimum Gasteiger partial charge on any atom is -0.460 e. The first-order valence-electron chi connectivity index (χ1n) is 29.8.